The van der Waals surface area contributed by atoms with Gasteiger partial charge >= 0.3 is 0 Å². The van der Waals surface area contributed by atoms with Crippen LogP contribution in [0.3, 0.4) is 0 Å². The van der Waals surface area contributed by atoms with E-state index in [0.29, 0.717) is 16.3 Å². The molecule has 0 aliphatic heterocycles. The van der Waals surface area contributed by atoms with Gasteiger partial charge in [-0.05, 0) is 18.2 Å². The van der Waals surface area contributed by atoms with Gasteiger partial charge < -0.3 is 5.11 Å². The highest BCUT2D eigenvalue weighted by Gasteiger charge is 2.14. The monoisotopic (exact) mass is 269 g/mol. The Morgan fingerprint density at radius 3 is 2.47 bits per heavy atom. The van der Waals surface area contributed by atoms with Crippen LogP contribution in [0.1, 0.15) is 17.4 Å². The van der Waals surface area contributed by atoms with Gasteiger partial charge in [-0.1, -0.05) is 54.1 Å². The van der Waals surface area contributed by atoms with Crippen molar-refractivity contribution < 1.29 is 5.11 Å². The SMILES string of the molecule is O[C@@H](c1ccc2ccccc2n1)c1ccccc1Cl. The second-order valence-electron chi connectivity index (χ2n) is 4.35. The molecule has 0 radical (unpaired) electrons. The van der Waals surface area contributed by atoms with Gasteiger partial charge in [-0.15, -0.1) is 0 Å². The molecule has 0 saturated carbocycles. The van der Waals surface area contributed by atoms with Crippen molar-refractivity contribution in [3.05, 3.63) is 76.9 Å². The van der Waals surface area contributed by atoms with Crippen LogP contribution in [0, 0.1) is 0 Å². The van der Waals surface area contributed by atoms with Crippen molar-refractivity contribution in [2.45, 2.75) is 6.10 Å². The molecule has 3 rings (SSSR count). The number of benzene rings is 2. The smallest absolute Gasteiger partial charge is 0.122 e. The molecule has 0 fully saturated rings. The van der Waals surface area contributed by atoms with Gasteiger partial charge in [0.15, 0.2) is 0 Å². The average molecular weight is 270 g/mol. The van der Waals surface area contributed by atoms with Gasteiger partial charge in [0.2, 0.25) is 0 Å². The number of pyridine rings is 1. The Hall–Kier alpha value is -1.90. The number of aliphatic hydroxyl groups excluding tert-OH is 1. The molecule has 1 N–H and O–H groups in total. The van der Waals surface area contributed by atoms with E-state index in [1.54, 1.807) is 6.07 Å². The lowest BCUT2D eigenvalue weighted by atomic mass is 10.1. The minimum absolute atomic E-state index is 0.546. The maximum absolute atomic E-state index is 10.4. The molecule has 0 spiro atoms. The third-order valence-corrected chi connectivity index (χ3v) is 3.44. The second-order valence-corrected chi connectivity index (χ2v) is 4.76. The maximum Gasteiger partial charge on any atom is 0.122 e. The second kappa shape index (κ2) is 5.00. The van der Waals surface area contributed by atoms with Crippen LogP contribution in [-0.4, -0.2) is 10.1 Å². The molecule has 0 amide bonds. The first kappa shape index (κ1) is 12.2. The molecule has 94 valence electrons. The lowest BCUT2D eigenvalue weighted by Gasteiger charge is -2.12. The topological polar surface area (TPSA) is 33.1 Å². The number of halogens is 1. The third-order valence-electron chi connectivity index (χ3n) is 3.10. The molecule has 1 heterocycles. The van der Waals surface area contributed by atoms with Crippen LogP contribution in [0.4, 0.5) is 0 Å². The summed E-state index contributed by atoms with van der Waals surface area (Å²) in [5.41, 5.74) is 2.14. The lowest BCUT2D eigenvalue weighted by molar-refractivity contribution is 0.216. The van der Waals surface area contributed by atoms with Gasteiger partial charge in [0.25, 0.3) is 0 Å². The number of nitrogens with zero attached hydrogens (tertiary/aromatic N) is 1. The molecule has 19 heavy (non-hydrogen) atoms. The van der Waals surface area contributed by atoms with Crippen molar-refractivity contribution in [2.24, 2.45) is 0 Å². The van der Waals surface area contributed by atoms with Gasteiger partial charge in [0.05, 0.1) is 11.2 Å². The van der Waals surface area contributed by atoms with E-state index in [9.17, 15) is 5.11 Å². The largest absolute Gasteiger partial charge is 0.382 e. The molecule has 0 bridgehead atoms. The molecule has 2 nitrogen and oxygen atoms in total. The standard InChI is InChI=1S/C16H12ClNO/c17-13-7-3-2-6-12(13)16(19)15-10-9-11-5-1-4-8-14(11)18-15/h1-10,16,19H/t16-/m1/s1. The normalized spacial score (nSPS) is 12.5. The summed E-state index contributed by atoms with van der Waals surface area (Å²) in [5, 5.41) is 12.0. The Morgan fingerprint density at radius 1 is 0.895 bits per heavy atom. The van der Waals surface area contributed by atoms with E-state index in [1.165, 1.54) is 0 Å². The predicted molar refractivity (Wildman–Crippen MR) is 77.3 cm³/mol. The average Bonchev–Trinajstić information content (AvgIpc) is 2.46. The molecule has 1 atom stereocenters. The number of aromatic nitrogens is 1. The third kappa shape index (κ3) is 2.33. The summed E-state index contributed by atoms with van der Waals surface area (Å²) in [6.07, 6.45) is -0.807. The summed E-state index contributed by atoms with van der Waals surface area (Å²) >= 11 is 6.10. The molecule has 0 unspecified atom stereocenters. The molecule has 1 aromatic heterocycles. The summed E-state index contributed by atoms with van der Waals surface area (Å²) in [6.45, 7) is 0. The molecule has 3 aromatic rings. The summed E-state index contributed by atoms with van der Waals surface area (Å²) in [6, 6.07) is 18.9. The minimum atomic E-state index is -0.807. The Morgan fingerprint density at radius 2 is 1.63 bits per heavy atom. The van der Waals surface area contributed by atoms with E-state index in [2.05, 4.69) is 4.98 Å². The van der Waals surface area contributed by atoms with Crippen molar-refractivity contribution in [3.8, 4) is 0 Å². The summed E-state index contributed by atoms with van der Waals surface area (Å²) in [4.78, 5) is 4.48. The number of hydrogen-bond donors (Lipinski definition) is 1. The van der Waals surface area contributed by atoms with Crippen molar-refractivity contribution in [3.63, 3.8) is 0 Å². The van der Waals surface area contributed by atoms with Crippen LogP contribution in [0.25, 0.3) is 10.9 Å². The van der Waals surface area contributed by atoms with Gasteiger partial charge in [-0.2, -0.15) is 0 Å². The molecular formula is C16H12ClNO. The van der Waals surface area contributed by atoms with Crippen LogP contribution >= 0.6 is 11.6 Å². The summed E-state index contributed by atoms with van der Waals surface area (Å²) in [5.74, 6) is 0. The zero-order chi connectivity index (χ0) is 13.2. The number of rotatable bonds is 2. The molecule has 0 saturated heterocycles. The first-order chi connectivity index (χ1) is 9.25. The van der Waals surface area contributed by atoms with E-state index in [0.717, 1.165) is 10.9 Å². The highest BCUT2D eigenvalue weighted by molar-refractivity contribution is 6.31. The van der Waals surface area contributed by atoms with E-state index in [-0.39, 0.29) is 0 Å². The van der Waals surface area contributed by atoms with E-state index in [1.807, 2.05) is 54.6 Å². The predicted octanol–water partition coefficient (Wildman–Crippen LogP) is 3.97. The number of hydrogen-bond acceptors (Lipinski definition) is 2. The van der Waals surface area contributed by atoms with Crippen molar-refractivity contribution >= 4 is 22.5 Å². The summed E-state index contributed by atoms with van der Waals surface area (Å²) < 4.78 is 0. The Kier molecular flexibility index (Phi) is 3.20. The van der Waals surface area contributed by atoms with Crippen LogP contribution in [0.15, 0.2) is 60.7 Å². The maximum atomic E-state index is 10.4. The zero-order valence-electron chi connectivity index (χ0n) is 10.1. The van der Waals surface area contributed by atoms with Crippen LogP contribution in [0.5, 0.6) is 0 Å². The first-order valence-corrected chi connectivity index (χ1v) is 6.42. The molecule has 0 aliphatic rings. The summed E-state index contributed by atoms with van der Waals surface area (Å²) in [7, 11) is 0. The lowest BCUT2D eigenvalue weighted by Crippen LogP contribution is -2.03. The first-order valence-electron chi connectivity index (χ1n) is 6.04. The quantitative estimate of drug-likeness (QED) is 0.764. The van der Waals surface area contributed by atoms with Gasteiger partial charge in [0.1, 0.15) is 6.10 Å². The molecule has 2 aromatic carbocycles. The highest BCUT2D eigenvalue weighted by atomic mass is 35.5. The fraction of sp³-hybridized carbons (Fsp3) is 0.0625. The Bertz CT molecular complexity index is 727. The fourth-order valence-electron chi connectivity index (χ4n) is 2.09. The van der Waals surface area contributed by atoms with Crippen LogP contribution < -0.4 is 0 Å². The molecule has 3 heteroatoms. The van der Waals surface area contributed by atoms with Crippen molar-refractivity contribution in [1.82, 2.24) is 4.98 Å². The molecular weight excluding hydrogens is 258 g/mol. The van der Waals surface area contributed by atoms with E-state index < -0.39 is 6.10 Å². The van der Waals surface area contributed by atoms with Crippen LogP contribution in [0.2, 0.25) is 5.02 Å². The fourth-order valence-corrected chi connectivity index (χ4v) is 2.33. The zero-order valence-corrected chi connectivity index (χ0v) is 10.9. The van der Waals surface area contributed by atoms with Crippen LogP contribution in [-0.2, 0) is 0 Å². The minimum Gasteiger partial charge on any atom is -0.382 e. The Balaban J connectivity index is 2.07. The number of para-hydroxylation sites is 1. The molecule has 0 aliphatic carbocycles. The number of fused-ring (bicyclic) bond motifs is 1. The van der Waals surface area contributed by atoms with E-state index >= 15 is 0 Å². The van der Waals surface area contributed by atoms with Gasteiger partial charge in [-0.25, -0.2) is 4.98 Å². The van der Waals surface area contributed by atoms with Gasteiger partial charge in [-0.3, -0.25) is 0 Å². The van der Waals surface area contributed by atoms with Gasteiger partial charge in [0, 0.05) is 16.0 Å². The number of aliphatic hydroxyl groups is 1. The van der Waals surface area contributed by atoms with Crippen molar-refractivity contribution in [2.75, 3.05) is 0 Å². The Labute approximate surface area is 116 Å². The van der Waals surface area contributed by atoms with Crippen molar-refractivity contribution in [1.29, 1.82) is 0 Å². The van der Waals surface area contributed by atoms with E-state index in [4.69, 9.17) is 11.6 Å². The highest BCUT2D eigenvalue weighted by Crippen LogP contribution is 2.27.